The minimum absolute atomic E-state index is 0.0700. The summed E-state index contributed by atoms with van der Waals surface area (Å²) in [5.41, 5.74) is 3.34. The molecule has 0 bridgehead atoms. The molecular formula is C15H8Cl2F3N4O. The van der Waals surface area contributed by atoms with E-state index in [0.717, 1.165) is 4.68 Å². The number of nitrogens with zero attached hydrogens (tertiary/aromatic N) is 3. The number of nitrogens with two attached hydrogens (primary N) is 1. The van der Waals surface area contributed by atoms with Crippen molar-refractivity contribution in [3.63, 3.8) is 0 Å². The van der Waals surface area contributed by atoms with Gasteiger partial charge < -0.3 is 5.73 Å². The number of amides is 1. The summed E-state index contributed by atoms with van der Waals surface area (Å²) in [5, 5.41) is 12.5. The molecule has 129 valence electrons. The molecule has 2 aromatic rings. The Balaban J connectivity index is 2.15. The fourth-order valence-corrected chi connectivity index (χ4v) is 3.17. The highest BCUT2D eigenvalue weighted by molar-refractivity contribution is 6.37. The Morgan fingerprint density at radius 1 is 1.36 bits per heavy atom. The van der Waals surface area contributed by atoms with E-state index in [9.17, 15) is 23.2 Å². The van der Waals surface area contributed by atoms with Gasteiger partial charge in [-0.25, -0.2) is 4.68 Å². The second-order valence-corrected chi connectivity index (χ2v) is 6.41. The lowest BCUT2D eigenvalue weighted by Gasteiger charge is -2.12. The van der Waals surface area contributed by atoms with Crippen LogP contribution in [0.4, 0.5) is 13.2 Å². The number of carbonyl (C=O) groups excluding carboxylic acids is 1. The molecule has 1 amide bonds. The van der Waals surface area contributed by atoms with E-state index in [4.69, 9.17) is 28.9 Å². The predicted octanol–water partition coefficient (Wildman–Crippen LogP) is 3.39. The molecule has 1 fully saturated rings. The van der Waals surface area contributed by atoms with Crippen LogP contribution in [0.5, 0.6) is 0 Å². The first-order valence-corrected chi connectivity index (χ1v) is 7.65. The van der Waals surface area contributed by atoms with Gasteiger partial charge in [0.25, 0.3) is 0 Å². The van der Waals surface area contributed by atoms with Crippen molar-refractivity contribution in [3.8, 4) is 11.8 Å². The standard InChI is InChI=1S/C15H8Cl2F3N4O/c16-9-3-7(15(18,19)20)4-10(17)12(9)24-6-8(11(5-21)23-24)14(1-2-14)13(22)25/h3-4H,1-2H2,(H2,22,25). The molecule has 25 heavy (non-hydrogen) atoms. The van der Waals surface area contributed by atoms with Crippen LogP contribution >= 0.6 is 23.2 Å². The highest BCUT2D eigenvalue weighted by Gasteiger charge is 2.53. The number of primary amides is 1. The SMILES string of the molecule is N#Cc1nn(-c2c(Cl)cc(C(F)(F)F)cc2Cl)[c]c1C1(C(N)=O)CC1. The molecule has 1 aliphatic rings. The van der Waals surface area contributed by atoms with Crippen LogP contribution in [0.3, 0.4) is 0 Å². The van der Waals surface area contributed by atoms with Crippen molar-refractivity contribution in [1.29, 1.82) is 5.26 Å². The van der Waals surface area contributed by atoms with E-state index >= 15 is 0 Å². The van der Waals surface area contributed by atoms with Gasteiger partial charge in [0.1, 0.15) is 11.8 Å². The summed E-state index contributed by atoms with van der Waals surface area (Å²) < 4.78 is 39.4. The molecule has 0 spiro atoms. The summed E-state index contributed by atoms with van der Waals surface area (Å²) in [6.45, 7) is 0. The maximum atomic E-state index is 12.8. The summed E-state index contributed by atoms with van der Waals surface area (Å²) in [6.07, 6.45) is -1.04. The second-order valence-electron chi connectivity index (χ2n) is 5.59. The smallest absolute Gasteiger partial charge is 0.369 e. The normalized spacial score (nSPS) is 15.7. The fraction of sp³-hybridized carbons (Fsp3) is 0.267. The van der Waals surface area contributed by atoms with Gasteiger partial charge in [-0.3, -0.25) is 4.79 Å². The van der Waals surface area contributed by atoms with Crippen molar-refractivity contribution in [3.05, 3.63) is 45.2 Å². The molecule has 0 atom stereocenters. The largest absolute Gasteiger partial charge is 0.416 e. The van der Waals surface area contributed by atoms with Crippen molar-refractivity contribution in [2.24, 2.45) is 5.73 Å². The summed E-state index contributed by atoms with van der Waals surface area (Å²) in [6, 6.07) is 3.22. The Labute approximate surface area is 149 Å². The Hall–Kier alpha value is -2.24. The Morgan fingerprint density at radius 3 is 2.32 bits per heavy atom. The second kappa shape index (κ2) is 5.64. The van der Waals surface area contributed by atoms with Gasteiger partial charge in [0.05, 0.1) is 27.2 Å². The van der Waals surface area contributed by atoms with Crippen LogP contribution < -0.4 is 5.73 Å². The summed E-state index contributed by atoms with van der Waals surface area (Å²) in [5.74, 6) is -0.621. The molecule has 0 saturated heterocycles. The van der Waals surface area contributed by atoms with Crippen LogP contribution in [0, 0.1) is 17.5 Å². The van der Waals surface area contributed by atoms with Crippen LogP contribution in [0.1, 0.15) is 29.7 Å². The summed E-state index contributed by atoms with van der Waals surface area (Å²) >= 11 is 11.9. The first-order chi connectivity index (χ1) is 11.6. The van der Waals surface area contributed by atoms with Crippen molar-refractivity contribution in [2.75, 3.05) is 0 Å². The zero-order valence-corrected chi connectivity index (χ0v) is 13.8. The molecule has 1 aliphatic carbocycles. The highest BCUT2D eigenvalue weighted by Crippen LogP contribution is 2.49. The number of hydrogen-bond donors (Lipinski definition) is 1. The topological polar surface area (TPSA) is 84.7 Å². The number of hydrogen-bond acceptors (Lipinski definition) is 3. The molecule has 1 aromatic carbocycles. The molecule has 2 N–H and O–H groups in total. The van der Waals surface area contributed by atoms with Crippen molar-refractivity contribution < 1.29 is 18.0 Å². The van der Waals surface area contributed by atoms with Crippen molar-refractivity contribution in [2.45, 2.75) is 24.4 Å². The van der Waals surface area contributed by atoms with Gasteiger partial charge in [-0.05, 0) is 25.0 Å². The molecule has 0 aliphatic heterocycles. The van der Waals surface area contributed by atoms with Crippen LogP contribution in [0.25, 0.3) is 5.69 Å². The van der Waals surface area contributed by atoms with Crippen LogP contribution in [0.2, 0.25) is 10.0 Å². The third-order valence-corrected chi connectivity index (χ3v) is 4.59. The molecule has 0 unspecified atom stereocenters. The Morgan fingerprint density at radius 2 is 1.92 bits per heavy atom. The van der Waals surface area contributed by atoms with Gasteiger partial charge in [0.2, 0.25) is 5.91 Å². The molecule has 5 nitrogen and oxygen atoms in total. The van der Waals surface area contributed by atoms with E-state index in [2.05, 4.69) is 11.3 Å². The average molecular weight is 388 g/mol. The van der Waals surface area contributed by atoms with Gasteiger partial charge in [0, 0.05) is 5.56 Å². The minimum Gasteiger partial charge on any atom is -0.369 e. The molecule has 1 radical (unpaired) electrons. The average Bonchev–Trinajstić information content (AvgIpc) is 3.21. The number of nitriles is 1. The van der Waals surface area contributed by atoms with E-state index in [1.165, 1.54) is 0 Å². The Kier molecular flexibility index (Phi) is 3.97. The zero-order valence-electron chi connectivity index (χ0n) is 12.3. The van der Waals surface area contributed by atoms with E-state index in [1.54, 1.807) is 0 Å². The van der Waals surface area contributed by atoms with Crippen LogP contribution in [-0.4, -0.2) is 15.7 Å². The lowest BCUT2D eigenvalue weighted by molar-refractivity contribution is -0.137. The summed E-state index contributed by atoms with van der Waals surface area (Å²) in [7, 11) is 0. The quantitative estimate of drug-likeness (QED) is 0.875. The molecule has 1 heterocycles. The predicted molar refractivity (Wildman–Crippen MR) is 82.2 cm³/mol. The van der Waals surface area contributed by atoms with Crippen molar-refractivity contribution >= 4 is 29.1 Å². The third-order valence-electron chi connectivity index (χ3n) is 4.02. The van der Waals surface area contributed by atoms with Crippen LogP contribution in [0.15, 0.2) is 12.1 Å². The van der Waals surface area contributed by atoms with E-state index < -0.39 is 23.1 Å². The number of benzene rings is 1. The molecule has 3 rings (SSSR count). The zero-order chi connectivity index (χ0) is 18.6. The lowest BCUT2D eigenvalue weighted by atomic mass is 9.96. The van der Waals surface area contributed by atoms with Gasteiger partial charge in [-0.15, -0.1) is 0 Å². The highest BCUT2D eigenvalue weighted by atomic mass is 35.5. The number of alkyl halides is 3. The summed E-state index contributed by atoms with van der Waals surface area (Å²) in [4.78, 5) is 11.7. The van der Waals surface area contributed by atoms with Gasteiger partial charge >= 0.3 is 6.18 Å². The minimum atomic E-state index is -4.62. The molecule has 10 heteroatoms. The molecule has 1 aromatic heterocycles. The molecular weight excluding hydrogens is 380 g/mol. The monoisotopic (exact) mass is 387 g/mol. The number of rotatable bonds is 3. The number of aromatic nitrogens is 2. The Bertz CT molecular complexity index is 903. The van der Waals surface area contributed by atoms with E-state index in [0.29, 0.717) is 25.0 Å². The first kappa shape index (κ1) is 17.6. The maximum absolute atomic E-state index is 12.8. The van der Waals surface area contributed by atoms with Gasteiger partial charge in [-0.2, -0.15) is 23.5 Å². The third kappa shape index (κ3) is 2.83. The van der Waals surface area contributed by atoms with Crippen LogP contribution in [-0.2, 0) is 16.4 Å². The number of halogens is 5. The lowest BCUT2D eigenvalue weighted by Crippen LogP contribution is -2.28. The molecule has 1 saturated carbocycles. The fourth-order valence-electron chi connectivity index (χ4n) is 2.53. The van der Waals surface area contributed by atoms with Crippen molar-refractivity contribution in [1.82, 2.24) is 9.78 Å². The van der Waals surface area contributed by atoms with Gasteiger partial charge in [-0.1, -0.05) is 23.2 Å². The number of carbonyl (C=O) groups is 1. The van der Waals surface area contributed by atoms with E-state index in [1.807, 2.05) is 6.07 Å². The first-order valence-electron chi connectivity index (χ1n) is 6.89. The maximum Gasteiger partial charge on any atom is 0.416 e. The van der Waals surface area contributed by atoms with E-state index in [-0.39, 0.29) is 27.0 Å². The van der Waals surface area contributed by atoms with Gasteiger partial charge in [0.15, 0.2) is 5.69 Å².